The van der Waals surface area contributed by atoms with Gasteiger partial charge in [0.15, 0.2) is 0 Å². The van der Waals surface area contributed by atoms with Crippen LogP contribution in [0.25, 0.3) is 0 Å². The van der Waals surface area contributed by atoms with Crippen LogP contribution in [0, 0.1) is 6.92 Å². The Bertz CT molecular complexity index is 563. The van der Waals surface area contributed by atoms with Crippen LogP contribution in [0.15, 0.2) is 36.5 Å². The Morgan fingerprint density at radius 3 is 2.68 bits per heavy atom. The highest BCUT2D eigenvalue weighted by atomic mass is 32.1. The lowest BCUT2D eigenvalue weighted by molar-refractivity contribution is -0.126. The number of carbonyl (C=O) groups excluding carboxylic acids is 1. The van der Waals surface area contributed by atoms with Crippen molar-refractivity contribution in [2.24, 2.45) is 5.73 Å². The summed E-state index contributed by atoms with van der Waals surface area (Å²) in [6.07, 6.45) is 1.80. The summed E-state index contributed by atoms with van der Waals surface area (Å²) >= 11 is 1.57. The van der Waals surface area contributed by atoms with Crippen molar-refractivity contribution in [3.8, 4) is 0 Å². The average Bonchev–Trinajstić information content (AvgIpc) is 2.82. The molecule has 0 fully saturated rings. The summed E-state index contributed by atoms with van der Waals surface area (Å²) in [5, 5.41) is 3.72. The van der Waals surface area contributed by atoms with Crippen molar-refractivity contribution in [1.82, 2.24) is 10.3 Å². The van der Waals surface area contributed by atoms with Gasteiger partial charge in [-0.05, 0) is 19.4 Å². The molecule has 1 atom stereocenters. The number of aromatic nitrogens is 1. The first-order chi connectivity index (χ1) is 9.00. The standard InChI is InChI=1S/C14H17N3OS/c1-10-8-16-12(19-10)9-17-13(18)14(2,15)11-6-4-3-5-7-11/h3-8H,9,15H2,1-2H3,(H,17,18). The van der Waals surface area contributed by atoms with Crippen LogP contribution in [0.3, 0.4) is 0 Å². The van der Waals surface area contributed by atoms with E-state index in [1.807, 2.05) is 37.3 Å². The second kappa shape index (κ2) is 5.50. The molecule has 2 rings (SSSR count). The van der Waals surface area contributed by atoms with Gasteiger partial charge in [-0.2, -0.15) is 0 Å². The number of nitrogens with one attached hydrogen (secondary N) is 1. The monoisotopic (exact) mass is 275 g/mol. The molecule has 0 saturated carbocycles. The van der Waals surface area contributed by atoms with Crippen LogP contribution in [-0.2, 0) is 16.9 Å². The Morgan fingerprint density at radius 1 is 1.42 bits per heavy atom. The van der Waals surface area contributed by atoms with Gasteiger partial charge in [0.05, 0.1) is 6.54 Å². The van der Waals surface area contributed by atoms with E-state index in [-0.39, 0.29) is 5.91 Å². The van der Waals surface area contributed by atoms with Crippen molar-refractivity contribution in [3.05, 3.63) is 52.0 Å². The third-order valence-electron chi connectivity index (χ3n) is 2.91. The molecule has 0 bridgehead atoms. The number of hydrogen-bond donors (Lipinski definition) is 2. The molecule has 0 aliphatic rings. The minimum atomic E-state index is -1.03. The minimum Gasteiger partial charge on any atom is -0.348 e. The number of benzene rings is 1. The first kappa shape index (κ1) is 13.7. The number of hydrogen-bond acceptors (Lipinski definition) is 4. The predicted octanol–water partition coefficient (Wildman–Crippen LogP) is 1.94. The lowest BCUT2D eigenvalue weighted by atomic mass is 9.92. The SMILES string of the molecule is Cc1cnc(CNC(=O)C(C)(N)c2ccccc2)s1. The molecule has 1 aromatic heterocycles. The van der Waals surface area contributed by atoms with E-state index in [4.69, 9.17) is 5.73 Å². The number of amides is 1. The van der Waals surface area contributed by atoms with Crippen molar-refractivity contribution in [2.75, 3.05) is 0 Å². The highest BCUT2D eigenvalue weighted by Crippen LogP contribution is 2.18. The molecule has 2 aromatic rings. The molecule has 19 heavy (non-hydrogen) atoms. The number of carbonyl (C=O) groups is 1. The third kappa shape index (κ3) is 3.19. The van der Waals surface area contributed by atoms with Gasteiger partial charge in [0, 0.05) is 11.1 Å². The third-order valence-corrected chi connectivity index (χ3v) is 3.83. The Balaban J connectivity index is 2.03. The topological polar surface area (TPSA) is 68.0 Å². The Kier molecular flexibility index (Phi) is 3.97. The van der Waals surface area contributed by atoms with Crippen LogP contribution in [0.4, 0.5) is 0 Å². The summed E-state index contributed by atoms with van der Waals surface area (Å²) < 4.78 is 0. The fraction of sp³-hybridized carbons (Fsp3) is 0.286. The van der Waals surface area contributed by atoms with Crippen molar-refractivity contribution in [1.29, 1.82) is 0 Å². The molecule has 0 aliphatic carbocycles. The maximum Gasteiger partial charge on any atom is 0.244 e. The minimum absolute atomic E-state index is 0.202. The van der Waals surface area contributed by atoms with Crippen LogP contribution >= 0.6 is 11.3 Å². The smallest absolute Gasteiger partial charge is 0.244 e. The van der Waals surface area contributed by atoms with Crippen LogP contribution in [0.5, 0.6) is 0 Å². The number of nitrogens with two attached hydrogens (primary N) is 1. The molecule has 100 valence electrons. The molecule has 5 heteroatoms. The molecular weight excluding hydrogens is 258 g/mol. The van der Waals surface area contributed by atoms with E-state index >= 15 is 0 Å². The Morgan fingerprint density at radius 2 is 2.11 bits per heavy atom. The Hall–Kier alpha value is -1.72. The van der Waals surface area contributed by atoms with Gasteiger partial charge in [-0.1, -0.05) is 30.3 Å². The largest absolute Gasteiger partial charge is 0.348 e. The van der Waals surface area contributed by atoms with E-state index in [0.29, 0.717) is 6.54 Å². The van der Waals surface area contributed by atoms with Crippen molar-refractivity contribution in [2.45, 2.75) is 25.9 Å². The number of rotatable bonds is 4. The zero-order chi connectivity index (χ0) is 13.9. The quantitative estimate of drug-likeness (QED) is 0.896. The second-order valence-corrected chi connectivity index (χ2v) is 5.94. The highest BCUT2D eigenvalue weighted by molar-refractivity contribution is 7.11. The zero-order valence-electron chi connectivity index (χ0n) is 11.0. The van der Waals surface area contributed by atoms with Gasteiger partial charge in [-0.25, -0.2) is 4.98 Å². The summed E-state index contributed by atoms with van der Waals surface area (Å²) in [5.41, 5.74) is 5.88. The number of nitrogens with zero attached hydrogens (tertiary/aromatic N) is 1. The predicted molar refractivity (Wildman–Crippen MR) is 76.7 cm³/mol. The Labute approximate surface area is 116 Å². The van der Waals surface area contributed by atoms with Crippen LogP contribution < -0.4 is 11.1 Å². The number of aryl methyl sites for hydroxylation is 1. The van der Waals surface area contributed by atoms with E-state index in [2.05, 4.69) is 10.3 Å². The highest BCUT2D eigenvalue weighted by Gasteiger charge is 2.30. The van der Waals surface area contributed by atoms with Gasteiger partial charge in [-0.3, -0.25) is 4.79 Å². The van der Waals surface area contributed by atoms with Gasteiger partial charge < -0.3 is 11.1 Å². The molecule has 1 amide bonds. The average molecular weight is 275 g/mol. The fourth-order valence-electron chi connectivity index (χ4n) is 1.74. The van der Waals surface area contributed by atoms with Crippen molar-refractivity contribution < 1.29 is 4.79 Å². The van der Waals surface area contributed by atoms with Gasteiger partial charge in [0.1, 0.15) is 10.5 Å². The first-order valence-electron chi connectivity index (χ1n) is 6.04. The molecule has 1 heterocycles. The van der Waals surface area contributed by atoms with E-state index < -0.39 is 5.54 Å². The molecule has 1 aromatic carbocycles. The van der Waals surface area contributed by atoms with E-state index in [0.717, 1.165) is 15.4 Å². The molecule has 0 saturated heterocycles. The van der Waals surface area contributed by atoms with E-state index in [1.165, 1.54) is 0 Å². The summed E-state index contributed by atoms with van der Waals surface area (Å²) in [6.45, 7) is 4.11. The van der Waals surface area contributed by atoms with Crippen LogP contribution in [0.1, 0.15) is 22.4 Å². The normalized spacial score (nSPS) is 13.8. The molecule has 1 unspecified atom stereocenters. The van der Waals surface area contributed by atoms with Crippen molar-refractivity contribution >= 4 is 17.2 Å². The molecule has 0 aliphatic heterocycles. The van der Waals surface area contributed by atoms with Crippen molar-refractivity contribution in [3.63, 3.8) is 0 Å². The molecule has 0 radical (unpaired) electrons. The summed E-state index contributed by atoms with van der Waals surface area (Å²) in [7, 11) is 0. The van der Waals surface area contributed by atoms with Crippen LogP contribution in [-0.4, -0.2) is 10.9 Å². The van der Waals surface area contributed by atoms with Gasteiger partial charge in [-0.15, -0.1) is 11.3 Å². The molecule has 3 N–H and O–H groups in total. The zero-order valence-corrected chi connectivity index (χ0v) is 11.8. The molecular formula is C14H17N3OS. The van der Waals surface area contributed by atoms with Gasteiger partial charge in [0.2, 0.25) is 5.91 Å². The summed E-state index contributed by atoms with van der Waals surface area (Å²) in [6, 6.07) is 9.35. The fourth-order valence-corrected chi connectivity index (χ4v) is 2.46. The molecule has 0 spiro atoms. The lowest BCUT2D eigenvalue weighted by Crippen LogP contribution is -2.48. The van der Waals surface area contributed by atoms with Gasteiger partial charge >= 0.3 is 0 Å². The number of thiazole rings is 1. The summed E-state index contributed by atoms with van der Waals surface area (Å²) in [5.74, 6) is -0.202. The maximum absolute atomic E-state index is 12.2. The van der Waals surface area contributed by atoms with E-state index in [1.54, 1.807) is 24.5 Å². The van der Waals surface area contributed by atoms with Gasteiger partial charge in [0.25, 0.3) is 0 Å². The second-order valence-electron chi connectivity index (χ2n) is 4.62. The maximum atomic E-state index is 12.2. The van der Waals surface area contributed by atoms with E-state index in [9.17, 15) is 4.79 Å². The lowest BCUT2D eigenvalue weighted by Gasteiger charge is -2.23. The van der Waals surface area contributed by atoms with Crippen LogP contribution in [0.2, 0.25) is 0 Å². The molecule has 4 nitrogen and oxygen atoms in total. The summed E-state index contributed by atoms with van der Waals surface area (Å²) in [4.78, 5) is 17.5. The first-order valence-corrected chi connectivity index (χ1v) is 6.86.